The number of hydrogen-bond donors (Lipinski definition) is 2. The van der Waals surface area contributed by atoms with Crippen LogP contribution in [0, 0.1) is 17.5 Å². The van der Waals surface area contributed by atoms with Crippen molar-refractivity contribution in [2.24, 2.45) is 0 Å². The monoisotopic (exact) mass is 274 g/mol. The highest BCUT2D eigenvalue weighted by Gasteiger charge is 2.13. The molecule has 1 unspecified atom stereocenters. The average molecular weight is 274 g/mol. The van der Waals surface area contributed by atoms with Crippen LogP contribution in [-0.2, 0) is 4.79 Å². The van der Waals surface area contributed by atoms with Gasteiger partial charge < -0.3 is 10.6 Å². The maximum Gasteiger partial charge on any atom is 0.239 e. The molecule has 1 aromatic rings. The number of hydrogen-bond acceptors (Lipinski definition) is 2. The van der Waals surface area contributed by atoms with E-state index in [2.05, 4.69) is 10.6 Å². The summed E-state index contributed by atoms with van der Waals surface area (Å²) in [4.78, 5) is 11.5. The van der Waals surface area contributed by atoms with Crippen molar-refractivity contribution >= 4 is 11.6 Å². The summed E-state index contributed by atoms with van der Waals surface area (Å²) in [6.45, 7) is 3.57. The van der Waals surface area contributed by atoms with Gasteiger partial charge in [0.1, 0.15) is 11.5 Å². The summed E-state index contributed by atoms with van der Waals surface area (Å²) >= 11 is 0. The van der Waals surface area contributed by atoms with Crippen LogP contribution in [0.4, 0.5) is 18.9 Å². The van der Waals surface area contributed by atoms with E-state index in [4.69, 9.17) is 0 Å². The molecule has 6 heteroatoms. The molecule has 1 amide bonds. The number of amides is 1. The van der Waals surface area contributed by atoms with Gasteiger partial charge in [-0.25, -0.2) is 13.2 Å². The Hall–Kier alpha value is -1.72. The first-order valence-electron chi connectivity index (χ1n) is 6.11. The summed E-state index contributed by atoms with van der Waals surface area (Å²) in [6, 6.07) is 1.12. The molecule has 106 valence electrons. The van der Waals surface area contributed by atoms with E-state index in [-0.39, 0.29) is 18.5 Å². The van der Waals surface area contributed by atoms with Crippen LogP contribution in [0.5, 0.6) is 0 Å². The van der Waals surface area contributed by atoms with Gasteiger partial charge in [-0.3, -0.25) is 4.79 Å². The highest BCUT2D eigenvalue weighted by Crippen LogP contribution is 2.19. The zero-order chi connectivity index (χ0) is 14.4. The van der Waals surface area contributed by atoms with Crippen molar-refractivity contribution < 1.29 is 18.0 Å². The lowest BCUT2D eigenvalue weighted by Gasteiger charge is -2.14. The number of halogens is 3. The minimum atomic E-state index is -1.06. The quantitative estimate of drug-likeness (QED) is 0.837. The van der Waals surface area contributed by atoms with Crippen molar-refractivity contribution in [1.82, 2.24) is 5.32 Å². The van der Waals surface area contributed by atoms with Crippen molar-refractivity contribution in [3.05, 3.63) is 29.6 Å². The molecule has 19 heavy (non-hydrogen) atoms. The van der Waals surface area contributed by atoms with Crippen LogP contribution >= 0.6 is 0 Å². The third-order valence-electron chi connectivity index (χ3n) is 2.56. The van der Waals surface area contributed by atoms with E-state index in [9.17, 15) is 18.0 Å². The summed E-state index contributed by atoms with van der Waals surface area (Å²) < 4.78 is 39.2. The second-order valence-electron chi connectivity index (χ2n) is 4.36. The topological polar surface area (TPSA) is 41.1 Å². The van der Waals surface area contributed by atoms with Gasteiger partial charge >= 0.3 is 0 Å². The molecule has 3 nitrogen and oxygen atoms in total. The first-order valence-corrected chi connectivity index (χ1v) is 6.11. The smallest absolute Gasteiger partial charge is 0.239 e. The lowest BCUT2D eigenvalue weighted by molar-refractivity contribution is -0.120. The van der Waals surface area contributed by atoms with Crippen LogP contribution in [0.2, 0.25) is 0 Å². The number of rotatable bonds is 6. The Morgan fingerprint density at radius 2 is 1.84 bits per heavy atom. The third kappa shape index (κ3) is 4.81. The highest BCUT2D eigenvalue weighted by molar-refractivity contribution is 5.81. The predicted octanol–water partition coefficient (Wildman–Crippen LogP) is 2.82. The molecule has 0 aliphatic heterocycles. The molecule has 2 N–H and O–H groups in total. The lowest BCUT2D eigenvalue weighted by Crippen LogP contribution is -2.36. The largest absolute Gasteiger partial charge is 0.371 e. The van der Waals surface area contributed by atoms with Crippen LogP contribution in [-0.4, -0.2) is 18.5 Å². The Kier molecular flexibility index (Phi) is 5.66. The van der Waals surface area contributed by atoms with Gasteiger partial charge in [0.05, 0.1) is 6.54 Å². The number of anilines is 1. The second kappa shape index (κ2) is 7.01. The van der Waals surface area contributed by atoms with Gasteiger partial charge in [0.2, 0.25) is 5.91 Å². The molecule has 0 heterocycles. The van der Waals surface area contributed by atoms with E-state index in [1.165, 1.54) is 0 Å². The minimum absolute atomic E-state index is 0.00205. The SMILES string of the molecule is CCCC(C)NC(=O)CNc1c(F)cc(F)cc1F. The predicted molar refractivity (Wildman–Crippen MR) is 67.3 cm³/mol. The Balaban J connectivity index is 2.55. The fourth-order valence-corrected chi connectivity index (χ4v) is 1.71. The molecule has 0 saturated carbocycles. The number of benzene rings is 1. The molecule has 0 aliphatic rings. The number of nitrogens with one attached hydrogen (secondary N) is 2. The summed E-state index contributed by atoms with van der Waals surface area (Å²) in [5.74, 6) is -3.50. The second-order valence-corrected chi connectivity index (χ2v) is 4.36. The van der Waals surface area contributed by atoms with Gasteiger partial charge in [-0.1, -0.05) is 13.3 Å². The molecule has 0 aliphatic carbocycles. The Bertz CT molecular complexity index is 429. The van der Waals surface area contributed by atoms with E-state index in [1.807, 2.05) is 13.8 Å². The molecule has 0 fully saturated rings. The van der Waals surface area contributed by atoms with Crippen molar-refractivity contribution in [1.29, 1.82) is 0 Å². The molecular weight excluding hydrogens is 257 g/mol. The van der Waals surface area contributed by atoms with E-state index >= 15 is 0 Å². The molecule has 0 aromatic heterocycles. The van der Waals surface area contributed by atoms with E-state index in [1.54, 1.807) is 0 Å². The van der Waals surface area contributed by atoms with E-state index < -0.39 is 23.1 Å². The standard InChI is InChI=1S/C13H17F3N2O/c1-3-4-8(2)18-12(19)7-17-13-10(15)5-9(14)6-11(13)16/h5-6,8,17H,3-4,7H2,1-2H3,(H,18,19). The number of carbonyl (C=O) groups excluding carboxylic acids is 1. The summed E-state index contributed by atoms with van der Waals surface area (Å²) in [5, 5.41) is 5.01. The maximum absolute atomic E-state index is 13.3. The molecule has 1 aromatic carbocycles. The molecule has 0 radical (unpaired) electrons. The molecular formula is C13H17F3N2O. The van der Waals surface area contributed by atoms with E-state index in [0.29, 0.717) is 12.1 Å². The minimum Gasteiger partial charge on any atom is -0.371 e. The molecule has 1 atom stereocenters. The zero-order valence-electron chi connectivity index (χ0n) is 10.9. The first kappa shape index (κ1) is 15.3. The third-order valence-corrected chi connectivity index (χ3v) is 2.56. The normalized spacial score (nSPS) is 12.1. The molecule has 0 spiro atoms. The lowest BCUT2D eigenvalue weighted by atomic mass is 10.2. The van der Waals surface area contributed by atoms with Gasteiger partial charge in [-0.15, -0.1) is 0 Å². The summed E-state index contributed by atoms with van der Waals surface area (Å²) in [7, 11) is 0. The van der Waals surface area contributed by atoms with Crippen LogP contribution in [0.1, 0.15) is 26.7 Å². The fraction of sp³-hybridized carbons (Fsp3) is 0.462. The Labute approximate surface area is 110 Å². The van der Waals surface area contributed by atoms with Crippen molar-refractivity contribution in [2.45, 2.75) is 32.7 Å². The van der Waals surface area contributed by atoms with Gasteiger partial charge in [-0.05, 0) is 13.3 Å². The fourth-order valence-electron chi connectivity index (χ4n) is 1.71. The summed E-state index contributed by atoms with van der Waals surface area (Å²) in [6.07, 6.45) is 1.75. The summed E-state index contributed by atoms with van der Waals surface area (Å²) in [5.41, 5.74) is -0.500. The van der Waals surface area contributed by atoms with Crippen molar-refractivity contribution in [2.75, 3.05) is 11.9 Å². The highest BCUT2D eigenvalue weighted by atomic mass is 19.1. The molecule has 0 bridgehead atoms. The van der Waals surface area contributed by atoms with Crippen molar-refractivity contribution in [3.63, 3.8) is 0 Å². The average Bonchev–Trinajstić information content (AvgIpc) is 2.27. The van der Waals surface area contributed by atoms with Gasteiger partial charge in [0.25, 0.3) is 0 Å². The van der Waals surface area contributed by atoms with Gasteiger partial charge in [-0.2, -0.15) is 0 Å². The Morgan fingerprint density at radius 3 is 2.37 bits per heavy atom. The van der Waals surface area contributed by atoms with Crippen LogP contribution < -0.4 is 10.6 Å². The zero-order valence-corrected chi connectivity index (χ0v) is 10.9. The van der Waals surface area contributed by atoms with Crippen LogP contribution in [0.15, 0.2) is 12.1 Å². The Morgan fingerprint density at radius 1 is 1.26 bits per heavy atom. The first-order chi connectivity index (χ1) is 8.93. The molecule has 0 saturated heterocycles. The van der Waals surface area contributed by atoms with Gasteiger partial charge in [0.15, 0.2) is 11.6 Å². The molecule has 1 rings (SSSR count). The number of carbonyl (C=O) groups is 1. The van der Waals surface area contributed by atoms with Gasteiger partial charge in [0, 0.05) is 18.2 Å². The van der Waals surface area contributed by atoms with Crippen molar-refractivity contribution in [3.8, 4) is 0 Å². The van der Waals surface area contributed by atoms with Crippen LogP contribution in [0.3, 0.4) is 0 Å². The van der Waals surface area contributed by atoms with Crippen LogP contribution in [0.25, 0.3) is 0 Å². The maximum atomic E-state index is 13.3. The van der Waals surface area contributed by atoms with E-state index in [0.717, 1.165) is 12.8 Å².